The van der Waals surface area contributed by atoms with E-state index in [2.05, 4.69) is 20.8 Å². The summed E-state index contributed by atoms with van der Waals surface area (Å²) in [5, 5.41) is 0. The van der Waals surface area contributed by atoms with Gasteiger partial charge in [0.1, 0.15) is 6.10 Å². The Balaban J connectivity index is 3.27. The SMILES string of the molecule is CCCCCCCCCCCC(=O)O[C@H](C)C(C)C. The van der Waals surface area contributed by atoms with Gasteiger partial charge in [0.05, 0.1) is 0 Å². The molecule has 0 unspecified atom stereocenters. The van der Waals surface area contributed by atoms with E-state index in [9.17, 15) is 4.79 Å². The third-order valence-electron chi connectivity index (χ3n) is 3.74. The normalized spacial score (nSPS) is 12.7. The van der Waals surface area contributed by atoms with Gasteiger partial charge in [-0.1, -0.05) is 72.1 Å². The predicted molar refractivity (Wildman–Crippen MR) is 82.2 cm³/mol. The molecule has 2 heteroatoms. The molecule has 1 atom stereocenters. The summed E-state index contributed by atoms with van der Waals surface area (Å²) in [6.07, 6.45) is 12.2. The van der Waals surface area contributed by atoms with Gasteiger partial charge in [0, 0.05) is 6.42 Å². The maximum absolute atomic E-state index is 11.5. The van der Waals surface area contributed by atoms with Gasteiger partial charge in [-0.15, -0.1) is 0 Å². The van der Waals surface area contributed by atoms with E-state index in [0.29, 0.717) is 12.3 Å². The first-order valence-electron chi connectivity index (χ1n) is 8.27. The number of carbonyl (C=O) groups is 1. The Hall–Kier alpha value is -0.530. The second kappa shape index (κ2) is 12.5. The molecule has 0 N–H and O–H groups in total. The molecule has 0 aliphatic carbocycles. The largest absolute Gasteiger partial charge is 0.462 e. The number of esters is 1. The van der Waals surface area contributed by atoms with Gasteiger partial charge >= 0.3 is 5.97 Å². The van der Waals surface area contributed by atoms with Crippen LogP contribution in [0, 0.1) is 5.92 Å². The molecule has 0 aromatic carbocycles. The Morgan fingerprint density at radius 2 is 1.32 bits per heavy atom. The molecule has 0 radical (unpaired) electrons. The van der Waals surface area contributed by atoms with Crippen molar-refractivity contribution in [1.29, 1.82) is 0 Å². The van der Waals surface area contributed by atoms with Crippen LogP contribution in [0.3, 0.4) is 0 Å². The van der Waals surface area contributed by atoms with E-state index in [-0.39, 0.29) is 12.1 Å². The molecule has 0 heterocycles. The molecule has 0 aromatic heterocycles. The molecule has 0 aromatic rings. The summed E-state index contributed by atoms with van der Waals surface area (Å²) in [6, 6.07) is 0. The van der Waals surface area contributed by atoms with Gasteiger partial charge in [0.2, 0.25) is 0 Å². The number of unbranched alkanes of at least 4 members (excludes halogenated alkanes) is 8. The molecule has 0 fully saturated rings. The molecular formula is C17H34O2. The summed E-state index contributed by atoms with van der Waals surface area (Å²) < 4.78 is 5.34. The highest BCUT2D eigenvalue weighted by Crippen LogP contribution is 2.12. The van der Waals surface area contributed by atoms with Crippen molar-refractivity contribution >= 4 is 5.97 Å². The average molecular weight is 270 g/mol. The topological polar surface area (TPSA) is 26.3 Å². The zero-order valence-corrected chi connectivity index (χ0v) is 13.5. The van der Waals surface area contributed by atoms with Crippen LogP contribution in [0.15, 0.2) is 0 Å². The highest BCUT2D eigenvalue weighted by molar-refractivity contribution is 5.69. The monoisotopic (exact) mass is 270 g/mol. The minimum absolute atomic E-state index is 0.0239. The number of carbonyl (C=O) groups excluding carboxylic acids is 1. The number of hydrogen-bond donors (Lipinski definition) is 0. The van der Waals surface area contributed by atoms with E-state index in [0.717, 1.165) is 6.42 Å². The molecule has 2 nitrogen and oxygen atoms in total. The minimum Gasteiger partial charge on any atom is -0.462 e. The molecule has 0 aliphatic heterocycles. The van der Waals surface area contributed by atoms with Crippen LogP contribution in [0.5, 0.6) is 0 Å². The second-order valence-corrected chi connectivity index (χ2v) is 6.02. The fraction of sp³-hybridized carbons (Fsp3) is 0.941. The van der Waals surface area contributed by atoms with Gasteiger partial charge in [-0.3, -0.25) is 4.79 Å². The third-order valence-corrected chi connectivity index (χ3v) is 3.74. The smallest absolute Gasteiger partial charge is 0.306 e. The van der Waals surface area contributed by atoms with Crippen LogP contribution in [0.4, 0.5) is 0 Å². The first-order chi connectivity index (χ1) is 9.07. The maximum atomic E-state index is 11.5. The van der Waals surface area contributed by atoms with E-state index in [4.69, 9.17) is 4.74 Å². The summed E-state index contributed by atoms with van der Waals surface area (Å²) in [7, 11) is 0. The van der Waals surface area contributed by atoms with Gasteiger partial charge in [0.15, 0.2) is 0 Å². The Morgan fingerprint density at radius 3 is 1.79 bits per heavy atom. The molecule has 0 rings (SSSR count). The lowest BCUT2D eigenvalue weighted by atomic mass is 10.1. The lowest BCUT2D eigenvalue weighted by molar-refractivity contribution is -0.150. The van der Waals surface area contributed by atoms with Crippen LogP contribution >= 0.6 is 0 Å². The molecule has 0 saturated heterocycles. The molecule has 0 saturated carbocycles. The third kappa shape index (κ3) is 12.3. The number of ether oxygens (including phenoxy) is 1. The fourth-order valence-electron chi connectivity index (χ4n) is 1.98. The van der Waals surface area contributed by atoms with Crippen LogP contribution < -0.4 is 0 Å². The van der Waals surface area contributed by atoms with Gasteiger partial charge in [-0.05, 0) is 19.3 Å². The second-order valence-electron chi connectivity index (χ2n) is 6.02. The van der Waals surface area contributed by atoms with Crippen LogP contribution in [-0.2, 0) is 9.53 Å². The molecule has 0 bridgehead atoms. The van der Waals surface area contributed by atoms with Gasteiger partial charge in [-0.25, -0.2) is 0 Å². The molecule has 114 valence electrons. The molecular weight excluding hydrogens is 236 g/mol. The highest BCUT2D eigenvalue weighted by atomic mass is 16.5. The van der Waals surface area contributed by atoms with Crippen LogP contribution in [0.1, 0.15) is 91.9 Å². The summed E-state index contributed by atoms with van der Waals surface area (Å²) in [5.74, 6) is 0.385. The Labute approximate surface area is 120 Å². The summed E-state index contributed by atoms with van der Waals surface area (Å²) >= 11 is 0. The lowest BCUT2D eigenvalue weighted by Gasteiger charge is -2.16. The van der Waals surface area contributed by atoms with Crippen molar-refractivity contribution in [3.8, 4) is 0 Å². The van der Waals surface area contributed by atoms with Crippen LogP contribution in [0.2, 0.25) is 0 Å². The number of hydrogen-bond acceptors (Lipinski definition) is 2. The van der Waals surface area contributed by atoms with Crippen molar-refractivity contribution in [3.63, 3.8) is 0 Å². The van der Waals surface area contributed by atoms with Gasteiger partial charge in [-0.2, -0.15) is 0 Å². The van der Waals surface area contributed by atoms with Crippen molar-refractivity contribution < 1.29 is 9.53 Å². The van der Waals surface area contributed by atoms with Crippen molar-refractivity contribution in [1.82, 2.24) is 0 Å². The Kier molecular flexibility index (Phi) is 12.2. The lowest BCUT2D eigenvalue weighted by Crippen LogP contribution is -2.19. The van der Waals surface area contributed by atoms with Crippen molar-refractivity contribution in [2.45, 2.75) is 98.0 Å². The molecule has 19 heavy (non-hydrogen) atoms. The highest BCUT2D eigenvalue weighted by Gasteiger charge is 2.12. The number of rotatable bonds is 12. The summed E-state index contributed by atoms with van der Waals surface area (Å²) in [6.45, 7) is 8.38. The van der Waals surface area contributed by atoms with Gasteiger partial charge < -0.3 is 4.74 Å². The van der Waals surface area contributed by atoms with Crippen molar-refractivity contribution in [2.24, 2.45) is 5.92 Å². The van der Waals surface area contributed by atoms with Crippen LogP contribution in [0.25, 0.3) is 0 Å². The standard InChI is InChI=1S/C17H34O2/c1-5-6-7-8-9-10-11-12-13-14-17(18)19-16(4)15(2)3/h15-16H,5-14H2,1-4H3/t16-/m1/s1. The quantitative estimate of drug-likeness (QED) is 0.346. The van der Waals surface area contributed by atoms with E-state index in [1.807, 2.05) is 6.92 Å². The molecule has 0 spiro atoms. The first kappa shape index (κ1) is 18.5. The van der Waals surface area contributed by atoms with Crippen molar-refractivity contribution in [3.05, 3.63) is 0 Å². The molecule has 0 aliphatic rings. The summed E-state index contributed by atoms with van der Waals surface area (Å²) in [5.41, 5.74) is 0. The van der Waals surface area contributed by atoms with E-state index in [1.54, 1.807) is 0 Å². The zero-order chi connectivity index (χ0) is 14.5. The van der Waals surface area contributed by atoms with Crippen LogP contribution in [-0.4, -0.2) is 12.1 Å². The maximum Gasteiger partial charge on any atom is 0.306 e. The Morgan fingerprint density at radius 1 is 0.842 bits per heavy atom. The fourth-order valence-corrected chi connectivity index (χ4v) is 1.98. The summed E-state index contributed by atoms with van der Waals surface area (Å²) in [4.78, 5) is 11.5. The minimum atomic E-state index is -0.0239. The van der Waals surface area contributed by atoms with E-state index < -0.39 is 0 Å². The Bertz CT molecular complexity index is 211. The first-order valence-corrected chi connectivity index (χ1v) is 8.27. The zero-order valence-electron chi connectivity index (χ0n) is 13.5. The van der Waals surface area contributed by atoms with E-state index in [1.165, 1.54) is 51.4 Å². The van der Waals surface area contributed by atoms with E-state index >= 15 is 0 Å². The van der Waals surface area contributed by atoms with Crippen molar-refractivity contribution in [2.75, 3.05) is 0 Å². The molecule has 0 amide bonds. The predicted octanol–water partition coefficient (Wildman–Crippen LogP) is 5.50. The van der Waals surface area contributed by atoms with Gasteiger partial charge in [0.25, 0.3) is 0 Å². The average Bonchev–Trinajstić information content (AvgIpc) is 2.36.